The lowest BCUT2D eigenvalue weighted by atomic mass is 9.88. The van der Waals surface area contributed by atoms with Gasteiger partial charge in [-0.3, -0.25) is 4.79 Å². The van der Waals surface area contributed by atoms with Gasteiger partial charge in [0.15, 0.2) is 0 Å². The first-order chi connectivity index (χ1) is 9.49. The SMILES string of the molecule is O=C(O)CC(c1ccc(Cl)c(Cl)c1)c1ccccc1Br. The van der Waals surface area contributed by atoms with E-state index < -0.39 is 5.97 Å². The molecule has 1 unspecified atom stereocenters. The van der Waals surface area contributed by atoms with Crippen LogP contribution in [0.2, 0.25) is 10.0 Å². The van der Waals surface area contributed by atoms with E-state index in [4.69, 9.17) is 28.3 Å². The fourth-order valence-corrected chi connectivity index (χ4v) is 2.94. The van der Waals surface area contributed by atoms with Crippen molar-refractivity contribution < 1.29 is 9.90 Å². The van der Waals surface area contributed by atoms with Gasteiger partial charge >= 0.3 is 5.97 Å². The van der Waals surface area contributed by atoms with E-state index in [9.17, 15) is 4.79 Å². The second-order valence-corrected chi connectivity index (χ2v) is 6.01. The maximum Gasteiger partial charge on any atom is 0.304 e. The molecule has 2 aromatic rings. The number of rotatable bonds is 4. The lowest BCUT2D eigenvalue weighted by Crippen LogP contribution is -2.08. The van der Waals surface area contributed by atoms with Crippen LogP contribution in [0.3, 0.4) is 0 Å². The molecule has 0 aliphatic carbocycles. The molecule has 5 heteroatoms. The topological polar surface area (TPSA) is 37.3 Å². The smallest absolute Gasteiger partial charge is 0.304 e. The van der Waals surface area contributed by atoms with Gasteiger partial charge in [0.1, 0.15) is 0 Å². The number of hydrogen-bond acceptors (Lipinski definition) is 1. The van der Waals surface area contributed by atoms with E-state index in [1.54, 1.807) is 18.2 Å². The van der Waals surface area contributed by atoms with E-state index >= 15 is 0 Å². The molecule has 2 rings (SSSR count). The largest absolute Gasteiger partial charge is 0.481 e. The summed E-state index contributed by atoms with van der Waals surface area (Å²) in [6.45, 7) is 0. The van der Waals surface area contributed by atoms with E-state index in [0.29, 0.717) is 10.0 Å². The zero-order valence-electron chi connectivity index (χ0n) is 10.3. The standard InChI is InChI=1S/C15H11BrCl2O2/c16-12-4-2-1-3-10(12)11(8-15(19)20)9-5-6-13(17)14(18)7-9/h1-7,11H,8H2,(H,19,20). The third kappa shape index (κ3) is 3.54. The van der Waals surface area contributed by atoms with Gasteiger partial charge in [0.2, 0.25) is 0 Å². The Morgan fingerprint density at radius 1 is 1.15 bits per heavy atom. The summed E-state index contributed by atoms with van der Waals surface area (Å²) < 4.78 is 0.873. The van der Waals surface area contributed by atoms with Crippen LogP contribution in [0.4, 0.5) is 0 Å². The minimum atomic E-state index is -0.864. The Labute approximate surface area is 135 Å². The molecule has 0 spiro atoms. The third-order valence-electron chi connectivity index (χ3n) is 3.01. The van der Waals surface area contributed by atoms with Gasteiger partial charge in [0.25, 0.3) is 0 Å². The molecule has 0 amide bonds. The highest BCUT2D eigenvalue weighted by Gasteiger charge is 2.20. The molecular formula is C15H11BrCl2O2. The summed E-state index contributed by atoms with van der Waals surface area (Å²) in [5.41, 5.74) is 1.74. The molecule has 20 heavy (non-hydrogen) atoms. The van der Waals surface area contributed by atoms with Crippen LogP contribution in [0.15, 0.2) is 46.9 Å². The summed E-state index contributed by atoms with van der Waals surface area (Å²) in [4.78, 5) is 11.1. The Hall–Kier alpha value is -1.03. The summed E-state index contributed by atoms with van der Waals surface area (Å²) in [5, 5.41) is 10.0. The number of carboxylic acids is 1. The Balaban J connectivity index is 2.50. The summed E-state index contributed by atoms with van der Waals surface area (Å²) in [6.07, 6.45) is -0.0133. The van der Waals surface area contributed by atoms with Crippen molar-refractivity contribution in [3.8, 4) is 0 Å². The quantitative estimate of drug-likeness (QED) is 0.782. The monoisotopic (exact) mass is 372 g/mol. The molecule has 1 atom stereocenters. The van der Waals surface area contributed by atoms with Crippen LogP contribution in [0.25, 0.3) is 0 Å². The molecule has 0 radical (unpaired) electrons. The van der Waals surface area contributed by atoms with E-state index in [1.165, 1.54) is 0 Å². The number of carboxylic acid groups (broad SMARTS) is 1. The van der Waals surface area contributed by atoms with Crippen molar-refractivity contribution in [2.24, 2.45) is 0 Å². The summed E-state index contributed by atoms with van der Waals surface area (Å²) in [7, 11) is 0. The molecule has 2 aromatic carbocycles. The first-order valence-electron chi connectivity index (χ1n) is 5.90. The molecule has 104 valence electrons. The van der Waals surface area contributed by atoms with Crippen LogP contribution in [0, 0.1) is 0 Å². The predicted molar refractivity (Wildman–Crippen MR) is 84.7 cm³/mol. The van der Waals surface area contributed by atoms with E-state index in [1.807, 2.05) is 24.3 Å². The molecule has 0 aliphatic rings. The lowest BCUT2D eigenvalue weighted by Gasteiger charge is -2.18. The molecule has 0 bridgehead atoms. The Bertz CT molecular complexity index is 644. The van der Waals surface area contributed by atoms with Crippen molar-refractivity contribution in [3.05, 3.63) is 68.1 Å². The van der Waals surface area contributed by atoms with Gasteiger partial charge in [-0.05, 0) is 29.3 Å². The van der Waals surface area contributed by atoms with Gasteiger partial charge in [0, 0.05) is 10.4 Å². The van der Waals surface area contributed by atoms with Crippen molar-refractivity contribution in [3.63, 3.8) is 0 Å². The van der Waals surface area contributed by atoms with Crippen LogP contribution in [0.1, 0.15) is 23.5 Å². The zero-order valence-corrected chi connectivity index (χ0v) is 13.4. The Morgan fingerprint density at radius 3 is 2.45 bits per heavy atom. The molecule has 2 nitrogen and oxygen atoms in total. The number of halogens is 3. The first kappa shape index (κ1) is 15.4. The highest BCUT2D eigenvalue weighted by molar-refractivity contribution is 9.10. The van der Waals surface area contributed by atoms with Crippen molar-refractivity contribution >= 4 is 45.1 Å². The lowest BCUT2D eigenvalue weighted by molar-refractivity contribution is -0.137. The van der Waals surface area contributed by atoms with Crippen molar-refractivity contribution in [1.82, 2.24) is 0 Å². The molecule has 0 saturated carbocycles. The van der Waals surface area contributed by atoms with Crippen LogP contribution in [-0.2, 0) is 4.79 Å². The van der Waals surface area contributed by atoms with Gasteiger partial charge in [-0.1, -0.05) is 63.4 Å². The fourth-order valence-electron chi connectivity index (χ4n) is 2.07. The van der Waals surface area contributed by atoms with Crippen LogP contribution < -0.4 is 0 Å². The minimum Gasteiger partial charge on any atom is -0.481 e. The Kier molecular flexibility index (Phi) is 5.08. The number of aliphatic carboxylic acids is 1. The molecule has 0 aromatic heterocycles. The van der Waals surface area contributed by atoms with Crippen molar-refractivity contribution in [1.29, 1.82) is 0 Å². The van der Waals surface area contributed by atoms with Gasteiger partial charge < -0.3 is 5.11 Å². The number of benzene rings is 2. The average Bonchev–Trinajstić information content (AvgIpc) is 2.40. The summed E-state index contributed by atoms with van der Waals surface area (Å²) >= 11 is 15.4. The molecular weight excluding hydrogens is 363 g/mol. The number of hydrogen-bond donors (Lipinski definition) is 1. The average molecular weight is 374 g/mol. The maximum atomic E-state index is 11.1. The molecule has 1 N–H and O–H groups in total. The summed E-state index contributed by atoms with van der Waals surface area (Å²) in [6, 6.07) is 12.8. The van der Waals surface area contributed by atoms with E-state index in [0.717, 1.165) is 15.6 Å². The van der Waals surface area contributed by atoms with Gasteiger partial charge in [0.05, 0.1) is 16.5 Å². The van der Waals surface area contributed by atoms with Gasteiger partial charge in [-0.15, -0.1) is 0 Å². The summed E-state index contributed by atoms with van der Waals surface area (Å²) in [5.74, 6) is -1.14. The molecule has 0 aliphatic heterocycles. The van der Waals surface area contributed by atoms with E-state index in [2.05, 4.69) is 15.9 Å². The third-order valence-corrected chi connectivity index (χ3v) is 4.47. The van der Waals surface area contributed by atoms with Crippen molar-refractivity contribution in [2.45, 2.75) is 12.3 Å². The molecule has 0 fully saturated rings. The predicted octanol–water partition coefficient (Wildman–Crippen LogP) is 5.36. The fraction of sp³-hybridized carbons (Fsp3) is 0.133. The zero-order chi connectivity index (χ0) is 14.7. The van der Waals surface area contributed by atoms with E-state index in [-0.39, 0.29) is 12.3 Å². The van der Waals surface area contributed by atoms with Gasteiger partial charge in [-0.25, -0.2) is 0 Å². The first-order valence-corrected chi connectivity index (χ1v) is 7.45. The van der Waals surface area contributed by atoms with Crippen molar-refractivity contribution in [2.75, 3.05) is 0 Å². The van der Waals surface area contributed by atoms with Gasteiger partial charge in [-0.2, -0.15) is 0 Å². The molecule has 0 heterocycles. The second-order valence-electron chi connectivity index (χ2n) is 4.35. The minimum absolute atomic E-state index is 0.0133. The highest BCUT2D eigenvalue weighted by atomic mass is 79.9. The van der Waals surface area contributed by atoms with Crippen LogP contribution in [-0.4, -0.2) is 11.1 Å². The van der Waals surface area contributed by atoms with Crippen LogP contribution >= 0.6 is 39.1 Å². The number of carbonyl (C=O) groups is 1. The Morgan fingerprint density at radius 2 is 1.85 bits per heavy atom. The maximum absolute atomic E-state index is 11.1. The van der Waals surface area contributed by atoms with Crippen LogP contribution in [0.5, 0.6) is 0 Å². The molecule has 0 saturated heterocycles. The highest BCUT2D eigenvalue weighted by Crippen LogP contribution is 2.35. The normalized spacial score (nSPS) is 12.2. The second kappa shape index (κ2) is 6.61.